The highest BCUT2D eigenvalue weighted by atomic mass is 16.5. The number of aryl methyl sites for hydroxylation is 1. The number of ether oxygens (including phenoxy) is 1. The molecule has 0 aliphatic rings. The van der Waals surface area contributed by atoms with Gasteiger partial charge in [-0.1, -0.05) is 42.5 Å². The Kier molecular flexibility index (Phi) is 5.78. The Hall–Kier alpha value is -1.84. The van der Waals surface area contributed by atoms with E-state index in [1.54, 1.807) is 0 Å². The van der Waals surface area contributed by atoms with Crippen LogP contribution in [-0.2, 0) is 11.3 Å². The van der Waals surface area contributed by atoms with Crippen molar-refractivity contribution < 1.29 is 9.84 Å². The van der Waals surface area contributed by atoms with Gasteiger partial charge in [-0.3, -0.25) is 0 Å². The van der Waals surface area contributed by atoms with Crippen molar-refractivity contribution in [2.45, 2.75) is 26.6 Å². The van der Waals surface area contributed by atoms with E-state index in [0.717, 1.165) is 11.3 Å². The largest absolute Gasteiger partial charge is 0.389 e. The first-order chi connectivity index (χ1) is 10.2. The third kappa shape index (κ3) is 4.88. The molecule has 0 heterocycles. The van der Waals surface area contributed by atoms with Crippen LogP contribution in [0.15, 0.2) is 48.5 Å². The summed E-state index contributed by atoms with van der Waals surface area (Å²) in [4.78, 5) is 0. The van der Waals surface area contributed by atoms with Crippen LogP contribution >= 0.6 is 0 Å². The van der Waals surface area contributed by atoms with Crippen molar-refractivity contribution in [1.82, 2.24) is 0 Å². The molecule has 1 atom stereocenters. The fourth-order valence-electron chi connectivity index (χ4n) is 2.12. The molecule has 2 aromatic carbocycles. The van der Waals surface area contributed by atoms with Crippen molar-refractivity contribution in [2.75, 3.05) is 18.5 Å². The number of nitrogens with one attached hydrogen (secondary N) is 1. The van der Waals surface area contributed by atoms with Gasteiger partial charge in [0.15, 0.2) is 0 Å². The first-order valence-corrected chi connectivity index (χ1v) is 7.26. The quantitative estimate of drug-likeness (QED) is 0.820. The molecule has 0 aromatic heterocycles. The number of anilines is 1. The second kappa shape index (κ2) is 7.81. The molecule has 3 nitrogen and oxygen atoms in total. The van der Waals surface area contributed by atoms with Crippen LogP contribution in [0.1, 0.15) is 16.7 Å². The summed E-state index contributed by atoms with van der Waals surface area (Å²) in [5.41, 5.74) is 4.65. The maximum atomic E-state index is 9.96. The third-order valence-corrected chi connectivity index (χ3v) is 3.55. The Balaban J connectivity index is 1.72. The summed E-state index contributed by atoms with van der Waals surface area (Å²) in [6.07, 6.45) is -0.520. The molecule has 2 aromatic rings. The smallest absolute Gasteiger partial charge is 0.0945 e. The topological polar surface area (TPSA) is 41.5 Å². The Morgan fingerprint density at radius 3 is 2.57 bits per heavy atom. The maximum absolute atomic E-state index is 9.96. The van der Waals surface area contributed by atoms with Crippen LogP contribution in [0.25, 0.3) is 0 Å². The second-order valence-electron chi connectivity index (χ2n) is 5.28. The lowest BCUT2D eigenvalue weighted by Crippen LogP contribution is -2.25. The fourth-order valence-corrected chi connectivity index (χ4v) is 2.12. The second-order valence-corrected chi connectivity index (χ2v) is 5.28. The van der Waals surface area contributed by atoms with E-state index >= 15 is 0 Å². The summed E-state index contributed by atoms with van der Waals surface area (Å²) < 4.78 is 5.53. The van der Waals surface area contributed by atoms with E-state index in [1.165, 1.54) is 11.1 Å². The third-order valence-electron chi connectivity index (χ3n) is 3.55. The summed E-state index contributed by atoms with van der Waals surface area (Å²) in [6, 6.07) is 16.1. The van der Waals surface area contributed by atoms with Crippen molar-refractivity contribution in [3.05, 3.63) is 65.2 Å². The molecule has 0 aliphatic carbocycles. The number of hydrogen-bond donors (Lipinski definition) is 2. The monoisotopic (exact) mass is 285 g/mol. The molecule has 0 saturated carbocycles. The normalized spacial score (nSPS) is 12.1. The molecule has 2 N–H and O–H groups in total. The van der Waals surface area contributed by atoms with Gasteiger partial charge in [-0.2, -0.15) is 0 Å². The molecular weight excluding hydrogens is 262 g/mol. The van der Waals surface area contributed by atoms with Gasteiger partial charge >= 0.3 is 0 Å². The highest BCUT2D eigenvalue weighted by Crippen LogP contribution is 2.17. The predicted octanol–water partition coefficient (Wildman–Crippen LogP) is 3.29. The van der Waals surface area contributed by atoms with Crippen LogP contribution < -0.4 is 5.32 Å². The standard InChI is InChI=1S/C18H23NO2/c1-14-7-6-10-18(15(14)2)19-11-17(20)13-21-12-16-8-4-3-5-9-16/h3-10,17,19-20H,11-13H2,1-2H3. The van der Waals surface area contributed by atoms with E-state index in [-0.39, 0.29) is 0 Å². The van der Waals surface area contributed by atoms with Gasteiger partial charge < -0.3 is 15.2 Å². The van der Waals surface area contributed by atoms with E-state index in [2.05, 4.69) is 25.2 Å². The molecule has 0 spiro atoms. The number of aliphatic hydroxyl groups excluding tert-OH is 1. The summed E-state index contributed by atoms with van der Waals surface area (Å²) >= 11 is 0. The average Bonchev–Trinajstić information content (AvgIpc) is 2.50. The van der Waals surface area contributed by atoms with Crippen molar-refractivity contribution in [3.63, 3.8) is 0 Å². The Labute approximate surface area is 126 Å². The summed E-state index contributed by atoms with van der Waals surface area (Å²) in [6.45, 7) is 5.50. The Morgan fingerprint density at radius 1 is 1.05 bits per heavy atom. The molecule has 0 bridgehead atoms. The van der Waals surface area contributed by atoms with Gasteiger partial charge in [-0.25, -0.2) is 0 Å². The maximum Gasteiger partial charge on any atom is 0.0945 e. The van der Waals surface area contributed by atoms with Crippen molar-refractivity contribution in [1.29, 1.82) is 0 Å². The van der Waals surface area contributed by atoms with Gasteiger partial charge in [-0.15, -0.1) is 0 Å². The lowest BCUT2D eigenvalue weighted by molar-refractivity contribution is 0.0348. The Bertz CT molecular complexity index is 554. The molecule has 0 radical (unpaired) electrons. The highest BCUT2D eigenvalue weighted by molar-refractivity contribution is 5.53. The zero-order valence-electron chi connectivity index (χ0n) is 12.7. The van der Waals surface area contributed by atoms with Crippen LogP contribution in [-0.4, -0.2) is 24.4 Å². The first kappa shape index (κ1) is 15.5. The van der Waals surface area contributed by atoms with E-state index < -0.39 is 6.10 Å². The van der Waals surface area contributed by atoms with E-state index in [9.17, 15) is 5.11 Å². The van der Waals surface area contributed by atoms with Crippen molar-refractivity contribution >= 4 is 5.69 Å². The Morgan fingerprint density at radius 2 is 1.81 bits per heavy atom. The lowest BCUT2D eigenvalue weighted by Gasteiger charge is -2.15. The zero-order valence-corrected chi connectivity index (χ0v) is 12.7. The molecule has 21 heavy (non-hydrogen) atoms. The van der Waals surface area contributed by atoms with Crippen molar-refractivity contribution in [2.24, 2.45) is 0 Å². The summed E-state index contributed by atoms with van der Waals surface area (Å²) in [7, 11) is 0. The minimum Gasteiger partial charge on any atom is -0.389 e. The minimum atomic E-state index is -0.520. The van der Waals surface area contributed by atoms with Gasteiger partial charge in [0.25, 0.3) is 0 Å². The summed E-state index contributed by atoms with van der Waals surface area (Å²) in [5, 5.41) is 13.2. The zero-order chi connectivity index (χ0) is 15.1. The minimum absolute atomic E-state index is 0.326. The van der Waals surface area contributed by atoms with Crippen LogP contribution in [0.4, 0.5) is 5.69 Å². The number of rotatable bonds is 7. The SMILES string of the molecule is Cc1cccc(NCC(O)COCc2ccccc2)c1C. The molecule has 112 valence electrons. The van der Waals surface area contributed by atoms with Gasteiger partial charge in [0, 0.05) is 12.2 Å². The molecule has 3 heteroatoms. The summed E-state index contributed by atoms with van der Waals surface area (Å²) in [5.74, 6) is 0. The van der Waals surface area contributed by atoms with Crippen LogP contribution in [0.3, 0.4) is 0 Å². The highest BCUT2D eigenvalue weighted by Gasteiger charge is 2.06. The van der Waals surface area contributed by atoms with Gasteiger partial charge in [0.05, 0.1) is 19.3 Å². The molecule has 2 rings (SSSR count). The fraction of sp³-hybridized carbons (Fsp3) is 0.333. The number of hydrogen-bond acceptors (Lipinski definition) is 3. The van der Waals surface area contributed by atoms with Crippen LogP contribution in [0, 0.1) is 13.8 Å². The molecule has 0 aliphatic heterocycles. The van der Waals surface area contributed by atoms with Gasteiger partial charge in [-0.05, 0) is 36.6 Å². The molecule has 0 fully saturated rings. The predicted molar refractivity (Wildman–Crippen MR) is 86.5 cm³/mol. The molecular formula is C18H23NO2. The van der Waals surface area contributed by atoms with Crippen LogP contribution in [0.5, 0.6) is 0 Å². The van der Waals surface area contributed by atoms with E-state index in [4.69, 9.17) is 4.74 Å². The number of benzene rings is 2. The van der Waals surface area contributed by atoms with Crippen LogP contribution in [0.2, 0.25) is 0 Å². The molecule has 0 saturated heterocycles. The molecule has 0 amide bonds. The average molecular weight is 285 g/mol. The lowest BCUT2D eigenvalue weighted by atomic mass is 10.1. The molecule has 1 unspecified atom stereocenters. The van der Waals surface area contributed by atoms with E-state index in [1.807, 2.05) is 42.5 Å². The van der Waals surface area contributed by atoms with E-state index in [0.29, 0.717) is 19.8 Å². The number of aliphatic hydroxyl groups is 1. The van der Waals surface area contributed by atoms with Crippen molar-refractivity contribution in [3.8, 4) is 0 Å². The van der Waals surface area contributed by atoms with Gasteiger partial charge in [0.1, 0.15) is 0 Å². The first-order valence-electron chi connectivity index (χ1n) is 7.26. The van der Waals surface area contributed by atoms with Gasteiger partial charge in [0.2, 0.25) is 0 Å².